The molecule has 1 atom stereocenters. The third-order valence-corrected chi connectivity index (χ3v) is 4.77. The Labute approximate surface area is 141 Å². The van der Waals surface area contributed by atoms with Gasteiger partial charge in [0.15, 0.2) is 5.82 Å². The molecule has 1 aromatic rings. The van der Waals surface area contributed by atoms with E-state index in [0.717, 1.165) is 60.0 Å². The van der Waals surface area contributed by atoms with Gasteiger partial charge in [-0.3, -0.25) is 4.90 Å². The van der Waals surface area contributed by atoms with Gasteiger partial charge in [0, 0.05) is 20.1 Å². The van der Waals surface area contributed by atoms with Gasteiger partial charge in [-0.25, -0.2) is 9.97 Å². The highest BCUT2D eigenvalue weighted by Gasteiger charge is 2.25. The highest BCUT2D eigenvalue weighted by atomic mass is 127. The van der Waals surface area contributed by atoms with Crippen LogP contribution in [0.5, 0.6) is 0 Å². The molecule has 1 saturated heterocycles. The van der Waals surface area contributed by atoms with Crippen LogP contribution in [-0.4, -0.2) is 48.2 Å². The molecule has 2 rings (SSSR count). The van der Waals surface area contributed by atoms with Crippen molar-refractivity contribution in [1.29, 1.82) is 0 Å². The minimum atomic E-state index is -0.00925. The lowest BCUT2D eigenvalue weighted by Crippen LogP contribution is -2.39. The zero-order valence-corrected chi connectivity index (χ0v) is 15.3. The first-order valence-corrected chi connectivity index (χ1v) is 8.85. The van der Waals surface area contributed by atoms with Gasteiger partial charge in [-0.2, -0.15) is 0 Å². The molecular weight excluding hydrogens is 379 g/mol. The summed E-state index contributed by atoms with van der Waals surface area (Å²) in [5.41, 5.74) is 1.13. The van der Waals surface area contributed by atoms with E-state index in [1.165, 1.54) is 6.42 Å². The van der Waals surface area contributed by atoms with Crippen molar-refractivity contribution in [3.8, 4) is 0 Å². The number of hydrogen-bond acceptors (Lipinski definition) is 5. The Morgan fingerprint density at radius 1 is 1.33 bits per heavy atom. The van der Waals surface area contributed by atoms with Gasteiger partial charge in [-0.1, -0.05) is 20.3 Å². The third-order valence-electron chi connectivity index (χ3n) is 3.64. The fourth-order valence-corrected chi connectivity index (χ4v) is 3.38. The summed E-state index contributed by atoms with van der Waals surface area (Å²) < 4.78 is 7.04. The normalized spacial score (nSPS) is 19.7. The van der Waals surface area contributed by atoms with Crippen LogP contribution in [-0.2, 0) is 11.2 Å². The second kappa shape index (κ2) is 8.24. The molecule has 0 spiro atoms. The van der Waals surface area contributed by atoms with Crippen LogP contribution in [0, 0.1) is 3.57 Å². The molecule has 0 aromatic carbocycles. The Balaban J connectivity index is 2.23. The van der Waals surface area contributed by atoms with Crippen LogP contribution >= 0.6 is 22.6 Å². The summed E-state index contributed by atoms with van der Waals surface area (Å²) in [6.07, 6.45) is 3.23. The van der Waals surface area contributed by atoms with E-state index in [0.29, 0.717) is 0 Å². The van der Waals surface area contributed by atoms with Crippen molar-refractivity contribution in [2.75, 3.05) is 38.6 Å². The van der Waals surface area contributed by atoms with E-state index in [1.54, 1.807) is 0 Å². The van der Waals surface area contributed by atoms with Crippen molar-refractivity contribution in [1.82, 2.24) is 14.9 Å². The highest BCUT2D eigenvalue weighted by Crippen LogP contribution is 2.25. The second-order valence-electron chi connectivity index (χ2n) is 5.35. The average Bonchev–Trinajstić information content (AvgIpc) is 2.50. The summed E-state index contributed by atoms with van der Waals surface area (Å²) in [5.74, 6) is 1.74. The van der Waals surface area contributed by atoms with E-state index in [2.05, 4.69) is 51.6 Å². The van der Waals surface area contributed by atoms with E-state index in [-0.39, 0.29) is 6.10 Å². The SMILES string of the molecule is CCCc1nc(C2CN(CCC)CCO2)nc(NC)c1I. The van der Waals surface area contributed by atoms with Gasteiger partial charge in [0.05, 0.1) is 15.9 Å². The number of halogens is 1. The molecule has 0 saturated carbocycles. The van der Waals surface area contributed by atoms with Crippen LogP contribution in [0.4, 0.5) is 5.82 Å². The molecule has 118 valence electrons. The number of nitrogens with zero attached hydrogens (tertiary/aromatic N) is 3. The predicted molar refractivity (Wildman–Crippen MR) is 93.7 cm³/mol. The lowest BCUT2D eigenvalue weighted by Gasteiger charge is -2.32. The fraction of sp³-hybridized carbons (Fsp3) is 0.733. The van der Waals surface area contributed by atoms with Gasteiger partial charge in [0.1, 0.15) is 11.9 Å². The first kappa shape index (κ1) is 16.9. The van der Waals surface area contributed by atoms with Crippen LogP contribution in [0.3, 0.4) is 0 Å². The van der Waals surface area contributed by atoms with Crippen molar-refractivity contribution in [2.24, 2.45) is 0 Å². The van der Waals surface area contributed by atoms with Crippen molar-refractivity contribution >= 4 is 28.4 Å². The Morgan fingerprint density at radius 3 is 2.81 bits per heavy atom. The van der Waals surface area contributed by atoms with Gasteiger partial charge in [0.2, 0.25) is 0 Å². The number of morpholine rings is 1. The highest BCUT2D eigenvalue weighted by molar-refractivity contribution is 14.1. The Hall–Kier alpha value is -0.470. The van der Waals surface area contributed by atoms with Gasteiger partial charge in [-0.15, -0.1) is 0 Å². The third kappa shape index (κ3) is 4.26. The summed E-state index contributed by atoms with van der Waals surface area (Å²) in [7, 11) is 1.91. The maximum Gasteiger partial charge on any atom is 0.161 e. The van der Waals surface area contributed by atoms with Crippen LogP contribution in [0.25, 0.3) is 0 Å². The van der Waals surface area contributed by atoms with Gasteiger partial charge >= 0.3 is 0 Å². The summed E-state index contributed by atoms with van der Waals surface area (Å²) >= 11 is 2.33. The quantitative estimate of drug-likeness (QED) is 0.740. The van der Waals surface area contributed by atoms with Gasteiger partial charge < -0.3 is 10.1 Å². The molecule has 1 aromatic heterocycles. The first-order chi connectivity index (χ1) is 10.2. The van der Waals surface area contributed by atoms with Gasteiger partial charge in [0.25, 0.3) is 0 Å². The molecule has 5 nitrogen and oxygen atoms in total. The molecule has 0 bridgehead atoms. The summed E-state index contributed by atoms with van der Waals surface area (Å²) in [4.78, 5) is 11.9. The molecule has 0 radical (unpaired) electrons. The molecule has 1 unspecified atom stereocenters. The molecule has 6 heteroatoms. The Kier molecular flexibility index (Phi) is 6.63. The van der Waals surface area contributed by atoms with Crippen LogP contribution < -0.4 is 5.32 Å². The van der Waals surface area contributed by atoms with Crippen molar-refractivity contribution in [3.63, 3.8) is 0 Å². The number of aromatic nitrogens is 2. The molecule has 21 heavy (non-hydrogen) atoms. The molecular formula is C15H25IN4O. The standard InChI is InChI=1S/C15H25IN4O/c1-4-6-11-13(16)15(17-3)19-14(18-11)12-10-20(7-5-2)8-9-21-12/h12H,4-10H2,1-3H3,(H,17,18,19). The number of anilines is 1. The van der Waals surface area contributed by atoms with Crippen molar-refractivity contribution < 1.29 is 4.74 Å². The molecule has 1 aliphatic rings. The van der Waals surface area contributed by atoms with Crippen molar-refractivity contribution in [2.45, 2.75) is 39.2 Å². The Bertz CT molecular complexity index is 467. The molecule has 1 N–H and O–H groups in total. The minimum Gasteiger partial charge on any atom is -0.372 e. The number of aryl methyl sites for hydroxylation is 1. The summed E-state index contributed by atoms with van der Waals surface area (Å²) in [6, 6.07) is 0. The largest absolute Gasteiger partial charge is 0.372 e. The zero-order valence-electron chi connectivity index (χ0n) is 13.2. The van der Waals surface area contributed by atoms with Gasteiger partial charge in [-0.05, 0) is 42.0 Å². The lowest BCUT2D eigenvalue weighted by molar-refractivity contribution is -0.0342. The topological polar surface area (TPSA) is 50.3 Å². The van der Waals surface area contributed by atoms with E-state index in [9.17, 15) is 0 Å². The second-order valence-corrected chi connectivity index (χ2v) is 6.43. The molecule has 1 fully saturated rings. The fourth-order valence-electron chi connectivity index (χ4n) is 2.60. The van der Waals surface area contributed by atoms with E-state index in [4.69, 9.17) is 9.72 Å². The molecule has 2 heterocycles. The molecule has 1 aliphatic heterocycles. The smallest absolute Gasteiger partial charge is 0.161 e. The van der Waals surface area contributed by atoms with Crippen molar-refractivity contribution in [3.05, 3.63) is 15.1 Å². The number of rotatable bonds is 6. The molecule has 0 aliphatic carbocycles. The van der Waals surface area contributed by atoms with E-state index in [1.807, 2.05) is 7.05 Å². The number of ether oxygens (including phenoxy) is 1. The maximum absolute atomic E-state index is 5.92. The first-order valence-electron chi connectivity index (χ1n) is 7.77. The zero-order chi connectivity index (χ0) is 15.2. The number of hydrogen-bond donors (Lipinski definition) is 1. The average molecular weight is 404 g/mol. The number of nitrogens with one attached hydrogen (secondary N) is 1. The van der Waals surface area contributed by atoms with Crippen LogP contribution in [0.1, 0.15) is 44.3 Å². The molecule has 0 amide bonds. The lowest BCUT2D eigenvalue weighted by atomic mass is 10.2. The maximum atomic E-state index is 5.92. The summed E-state index contributed by atoms with van der Waals surface area (Å²) in [6.45, 7) is 8.17. The minimum absolute atomic E-state index is 0.00925. The van der Waals surface area contributed by atoms with E-state index >= 15 is 0 Å². The Morgan fingerprint density at radius 2 is 2.14 bits per heavy atom. The monoisotopic (exact) mass is 404 g/mol. The van der Waals surface area contributed by atoms with E-state index < -0.39 is 0 Å². The summed E-state index contributed by atoms with van der Waals surface area (Å²) in [5, 5.41) is 3.18. The van der Waals surface area contributed by atoms with Crippen LogP contribution in [0.15, 0.2) is 0 Å². The predicted octanol–water partition coefficient (Wildman–Crippen LogP) is 2.86. The van der Waals surface area contributed by atoms with Crippen LogP contribution in [0.2, 0.25) is 0 Å².